The van der Waals surface area contributed by atoms with Crippen molar-refractivity contribution in [2.24, 2.45) is 0 Å². The van der Waals surface area contributed by atoms with E-state index in [0.717, 1.165) is 77.0 Å². The predicted molar refractivity (Wildman–Crippen MR) is 202 cm³/mol. The first-order valence-electron chi connectivity index (χ1n) is 18.3. The van der Waals surface area contributed by atoms with E-state index in [9.17, 15) is 19.6 Å². The standard InChI is InChI=1S/C42H46ClFN4O5/c1-28-32(8-5-9-35(28)36-10-6-12-39(29(36)2)51-17-7-14-47-16-13-34(44)25-47)27-53-41-20-40(52-26-31-18-30(21-45)22-46-23-31)33(19-37(41)43)24-48-15-4-3-11-38(48)42(49)50/h5-6,8-10,12,18-20,22-23,34,38H,3-4,7,11,13-17,24-27H2,1-2H3,(H,49,50)/t34?,38-/m0/s1. The number of aromatic nitrogens is 1. The van der Waals surface area contributed by atoms with E-state index in [4.69, 9.17) is 25.8 Å². The second kappa shape index (κ2) is 17.9. The van der Waals surface area contributed by atoms with E-state index in [1.54, 1.807) is 24.4 Å². The monoisotopic (exact) mass is 740 g/mol. The molecule has 0 aliphatic carbocycles. The van der Waals surface area contributed by atoms with Gasteiger partial charge in [-0.25, -0.2) is 4.39 Å². The van der Waals surface area contributed by atoms with Crippen LogP contribution in [0.4, 0.5) is 4.39 Å². The quantitative estimate of drug-likeness (QED) is 0.121. The number of nitrogens with zero attached hydrogens (tertiary/aromatic N) is 4. The normalized spacial score (nSPS) is 17.7. The van der Waals surface area contributed by atoms with E-state index in [1.165, 1.54) is 6.20 Å². The van der Waals surface area contributed by atoms with Gasteiger partial charge in [-0.3, -0.25) is 14.7 Å². The number of nitriles is 1. The minimum Gasteiger partial charge on any atom is -0.493 e. The first-order valence-corrected chi connectivity index (χ1v) is 18.6. The van der Waals surface area contributed by atoms with Crippen LogP contribution >= 0.6 is 11.6 Å². The number of carboxylic acids is 1. The number of pyridine rings is 1. The summed E-state index contributed by atoms with van der Waals surface area (Å²) in [6.07, 6.45) is 6.26. The van der Waals surface area contributed by atoms with Crippen molar-refractivity contribution in [3.8, 4) is 34.4 Å². The van der Waals surface area contributed by atoms with Crippen LogP contribution in [0.5, 0.6) is 17.2 Å². The Hall–Kier alpha value is -4.69. The molecule has 0 spiro atoms. The lowest BCUT2D eigenvalue weighted by molar-refractivity contribution is -0.144. The largest absolute Gasteiger partial charge is 0.493 e. The molecule has 3 aromatic carbocycles. The Morgan fingerprint density at radius 1 is 0.943 bits per heavy atom. The zero-order chi connectivity index (χ0) is 37.3. The molecule has 0 radical (unpaired) electrons. The van der Waals surface area contributed by atoms with Crippen molar-refractivity contribution in [1.82, 2.24) is 14.8 Å². The predicted octanol–water partition coefficient (Wildman–Crippen LogP) is 8.30. The number of likely N-dealkylation sites (tertiary alicyclic amines) is 2. The van der Waals surface area contributed by atoms with E-state index in [2.05, 4.69) is 41.9 Å². The minimum absolute atomic E-state index is 0.153. The Balaban J connectivity index is 1.18. The topological polar surface area (TPSA) is 108 Å². The number of hydrogen-bond acceptors (Lipinski definition) is 8. The van der Waals surface area contributed by atoms with Crippen molar-refractivity contribution >= 4 is 17.6 Å². The van der Waals surface area contributed by atoms with Crippen LogP contribution in [0.15, 0.2) is 67.0 Å². The average Bonchev–Trinajstić information content (AvgIpc) is 3.58. The van der Waals surface area contributed by atoms with Gasteiger partial charge < -0.3 is 24.2 Å². The Morgan fingerprint density at radius 2 is 1.74 bits per heavy atom. The van der Waals surface area contributed by atoms with Gasteiger partial charge in [-0.1, -0.05) is 48.4 Å². The van der Waals surface area contributed by atoms with E-state index in [0.29, 0.717) is 61.2 Å². The van der Waals surface area contributed by atoms with Gasteiger partial charge >= 0.3 is 5.97 Å². The van der Waals surface area contributed by atoms with Gasteiger partial charge in [-0.15, -0.1) is 0 Å². The molecule has 6 rings (SSSR count). The molecule has 3 heterocycles. The third-order valence-corrected chi connectivity index (χ3v) is 10.5. The summed E-state index contributed by atoms with van der Waals surface area (Å²) >= 11 is 6.85. The SMILES string of the molecule is Cc1c(COc2cc(OCc3cncc(C#N)c3)c(CN3CCCC[C@H]3C(=O)O)cc2Cl)cccc1-c1cccc(OCCCN2CCC(F)C2)c1C. The molecule has 1 unspecified atom stereocenters. The van der Waals surface area contributed by atoms with Crippen molar-refractivity contribution in [3.63, 3.8) is 0 Å². The number of piperidine rings is 1. The summed E-state index contributed by atoms with van der Waals surface area (Å²) in [7, 11) is 0. The maximum atomic E-state index is 13.5. The van der Waals surface area contributed by atoms with Gasteiger partial charge in [0.25, 0.3) is 0 Å². The third kappa shape index (κ3) is 9.65. The number of ether oxygens (including phenoxy) is 3. The number of benzene rings is 3. The van der Waals surface area contributed by atoms with Crippen molar-refractivity contribution < 1.29 is 28.5 Å². The summed E-state index contributed by atoms with van der Waals surface area (Å²) in [6.45, 7) is 8.29. The van der Waals surface area contributed by atoms with E-state index >= 15 is 0 Å². The highest BCUT2D eigenvalue weighted by atomic mass is 35.5. The van der Waals surface area contributed by atoms with Crippen molar-refractivity contribution in [3.05, 3.63) is 105 Å². The van der Waals surface area contributed by atoms with Crippen LogP contribution in [0.25, 0.3) is 11.1 Å². The molecule has 1 aromatic heterocycles. The summed E-state index contributed by atoms with van der Waals surface area (Å²) in [5.41, 5.74) is 7.17. The van der Waals surface area contributed by atoms with Gasteiger partial charge in [0.1, 0.15) is 48.7 Å². The molecule has 2 atom stereocenters. The molecule has 0 bridgehead atoms. The molecule has 53 heavy (non-hydrogen) atoms. The number of halogens is 2. The second-order valence-electron chi connectivity index (χ2n) is 13.9. The molecule has 2 aliphatic heterocycles. The maximum Gasteiger partial charge on any atom is 0.320 e. The third-order valence-electron chi connectivity index (χ3n) is 10.2. The molecule has 278 valence electrons. The highest BCUT2D eigenvalue weighted by Crippen LogP contribution is 2.37. The number of alkyl halides is 1. The Bertz CT molecular complexity index is 1950. The van der Waals surface area contributed by atoms with Crippen LogP contribution in [0.2, 0.25) is 5.02 Å². The number of aliphatic carboxylic acids is 1. The fourth-order valence-electron chi connectivity index (χ4n) is 7.22. The van der Waals surface area contributed by atoms with Crippen molar-refractivity contribution in [1.29, 1.82) is 5.26 Å². The zero-order valence-electron chi connectivity index (χ0n) is 30.3. The summed E-state index contributed by atoms with van der Waals surface area (Å²) in [5, 5.41) is 19.6. The second-order valence-corrected chi connectivity index (χ2v) is 14.3. The van der Waals surface area contributed by atoms with Crippen LogP contribution in [-0.2, 0) is 24.6 Å². The van der Waals surface area contributed by atoms with Gasteiger partial charge in [-0.05, 0) is 92.1 Å². The highest BCUT2D eigenvalue weighted by Gasteiger charge is 2.29. The zero-order valence-corrected chi connectivity index (χ0v) is 31.1. The van der Waals surface area contributed by atoms with Crippen LogP contribution in [0, 0.1) is 25.2 Å². The van der Waals surface area contributed by atoms with Gasteiger partial charge in [0.05, 0.1) is 17.2 Å². The lowest BCUT2D eigenvalue weighted by Gasteiger charge is -2.33. The van der Waals surface area contributed by atoms with Crippen LogP contribution < -0.4 is 14.2 Å². The lowest BCUT2D eigenvalue weighted by Crippen LogP contribution is -2.44. The van der Waals surface area contributed by atoms with Gasteiger partial charge in [-0.2, -0.15) is 5.26 Å². The highest BCUT2D eigenvalue weighted by molar-refractivity contribution is 6.32. The van der Waals surface area contributed by atoms with Crippen molar-refractivity contribution in [2.75, 3.05) is 32.8 Å². The van der Waals surface area contributed by atoms with Crippen molar-refractivity contribution in [2.45, 2.75) is 77.9 Å². The van der Waals surface area contributed by atoms with E-state index in [-0.39, 0.29) is 13.2 Å². The van der Waals surface area contributed by atoms with Crippen LogP contribution in [0.1, 0.15) is 65.5 Å². The molecule has 9 nitrogen and oxygen atoms in total. The van der Waals surface area contributed by atoms with Crippen LogP contribution in [-0.4, -0.2) is 70.9 Å². The fraction of sp³-hybridized carbons (Fsp3) is 0.405. The Kier molecular flexibility index (Phi) is 12.8. The molecule has 2 saturated heterocycles. The van der Waals surface area contributed by atoms with E-state index in [1.807, 2.05) is 29.2 Å². The maximum absolute atomic E-state index is 13.5. The molecule has 1 N–H and O–H groups in total. The molecule has 11 heteroatoms. The summed E-state index contributed by atoms with van der Waals surface area (Å²) in [4.78, 5) is 20.3. The van der Waals surface area contributed by atoms with E-state index < -0.39 is 18.2 Å². The van der Waals surface area contributed by atoms with Crippen LogP contribution in [0.3, 0.4) is 0 Å². The van der Waals surface area contributed by atoms with Gasteiger partial charge in [0.2, 0.25) is 0 Å². The smallest absolute Gasteiger partial charge is 0.320 e. The molecule has 0 saturated carbocycles. The molecule has 4 aromatic rings. The molecule has 2 aliphatic rings. The minimum atomic E-state index is -0.837. The number of hydrogen-bond donors (Lipinski definition) is 1. The number of carboxylic acid groups (broad SMARTS) is 1. The average molecular weight is 741 g/mol. The summed E-state index contributed by atoms with van der Waals surface area (Å²) in [5.74, 6) is 0.958. The molecular formula is C42H46ClFN4O5. The first kappa shape index (κ1) is 38.0. The Morgan fingerprint density at radius 3 is 2.51 bits per heavy atom. The first-order chi connectivity index (χ1) is 25.7. The summed E-state index contributed by atoms with van der Waals surface area (Å²) in [6, 6.07) is 19.1. The number of rotatable bonds is 15. The molecule has 0 amide bonds. The van der Waals surface area contributed by atoms with Gasteiger partial charge in [0, 0.05) is 55.8 Å². The Labute approximate surface area is 315 Å². The number of carbonyl (C=O) groups is 1. The lowest BCUT2D eigenvalue weighted by atomic mass is 9.93. The molecular weight excluding hydrogens is 695 g/mol. The van der Waals surface area contributed by atoms with Gasteiger partial charge in [0.15, 0.2) is 0 Å². The summed E-state index contributed by atoms with van der Waals surface area (Å²) < 4.78 is 32.4. The molecule has 2 fully saturated rings. The fourth-order valence-corrected chi connectivity index (χ4v) is 7.46.